The van der Waals surface area contributed by atoms with E-state index in [1.54, 1.807) is 0 Å². The smallest absolute Gasteiger partial charge is 0.131 e. The Labute approximate surface area is 110 Å². The van der Waals surface area contributed by atoms with Crippen LogP contribution in [0, 0.1) is 12.8 Å². The first-order valence-corrected chi connectivity index (χ1v) is 7.24. The molecule has 1 aromatic heterocycles. The lowest BCUT2D eigenvalue weighted by Crippen LogP contribution is -2.16. The fourth-order valence-electron chi connectivity index (χ4n) is 2.77. The molecule has 0 amide bonds. The monoisotopic (exact) mass is 247 g/mol. The molecule has 0 bridgehead atoms. The predicted molar refractivity (Wildman–Crippen MR) is 74.5 cm³/mol. The Bertz CT molecular complexity index is 389. The maximum absolute atomic E-state index is 4.75. The number of nitrogens with zero attached hydrogens (tertiary/aromatic N) is 2. The lowest BCUT2D eigenvalue weighted by Gasteiger charge is -2.11. The van der Waals surface area contributed by atoms with E-state index in [1.165, 1.54) is 19.3 Å². The first kappa shape index (κ1) is 13.5. The van der Waals surface area contributed by atoms with Gasteiger partial charge in [0, 0.05) is 18.2 Å². The topological polar surface area (TPSA) is 37.8 Å². The molecule has 0 aromatic carbocycles. The summed E-state index contributed by atoms with van der Waals surface area (Å²) in [5.74, 6) is 2.50. The molecule has 1 saturated carbocycles. The minimum Gasteiger partial charge on any atom is -0.311 e. The molecule has 2 rings (SSSR count). The highest BCUT2D eigenvalue weighted by Crippen LogP contribution is 2.36. The molecule has 0 spiro atoms. The van der Waals surface area contributed by atoms with Crippen LogP contribution in [0.4, 0.5) is 0 Å². The van der Waals surface area contributed by atoms with Crippen LogP contribution >= 0.6 is 0 Å². The molecule has 100 valence electrons. The van der Waals surface area contributed by atoms with E-state index in [4.69, 9.17) is 4.98 Å². The molecule has 0 saturated heterocycles. The summed E-state index contributed by atoms with van der Waals surface area (Å²) >= 11 is 0. The minimum absolute atomic E-state index is 0.588. The SMILES string of the molecule is CCCNCc1cc(C)nc(C2CCC(C)C2)n1. The van der Waals surface area contributed by atoms with E-state index in [0.717, 1.165) is 42.6 Å². The van der Waals surface area contributed by atoms with Gasteiger partial charge in [0.05, 0.1) is 5.69 Å². The van der Waals surface area contributed by atoms with E-state index in [1.807, 2.05) is 0 Å². The molecule has 2 atom stereocenters. The lowest BCUT2D eigenvalue weighted by atomic mass is 10.1. The Kier molecular flexibility index (Phi) is 4.70. The third kappa shape index (κ3) is 3.52. The maximum Gasteiger partial charge on any atom is 0.131 e. The van der Waals surface area contributed by atoms with Gasteiger partial charge in [-0.05, 0) is 51.1 Å². The average molecular weight is 247 g/mol. The number of hydrogen-bond donors (Lipinski definition) is 1. The Hall–Kier alpha value is -0.960. The third-order valence-electron chi connectivity index (χ3n) is 3.72. The summed E-state index contributed by atoms with van der Waals surface area (Å²) in [7, 11) is 0. The predicted octanol–water partition coefficient (Wildman–Crippen LogP) is 3.19. The van der Waals surface area contributed by atoms with E-state index in [9.17, 15) is 0 Å². The molecule has 1 aromatic rings. The third-order valence-corrected chi connectivity index (χ3v) is 3.72. The second-order valence-electron chi connectivity index (χ2n) is 5.65. The summed E-state index contributed by atoms with van der Waals surface area (Å²) in [6, 6.07) is 2.10. The molecule has 18 heavy (non-hydrogen) atoms. The second kappa shape index (κ2) is 6.28. The summed E-state index contributed by atoms with van der Waals surface area (Å²) < 4.78 is 0. The van der Waals surface area contributed by atoms with Gasteiger partial charge < -0.3 is 5.32 Å². The highest BCUT2D eigenvalue weighted by atomic mass is 14.9. The normalized spacial score (nSPS) is 23.5. The van der Waals surface area contributed by atoms with Gasteiger partial charge in [-0.1, -0.05) is 13.8 Å². The van der Waals surface area contributed by atoms with E-state index < -0.39 is 0 Å². The van der Waals surface area contributed by atoms with Gasteiger partial charge in [-0.2, -0.15) is 0 Å². The highest BCUT2D eigenvalue weighted by Gasteiger charge is 2.25. The summed E-state index contributed by atoms with van der Waals surface area (Å²) in [5.41, 5.74) is 2.25. The van der Waals surface area contributed by atoms with Crippen LogP contribution in [0.3, 0.4) is 0 Å². The Morgan fingerprint density at radius 2 is 2.17 bits per heavy atom. The second-order valence-corrected chi connectivity index (χ2v) is 5.65. The van der Waals surface area contributed by atoms with Crippen molar-refractivity contribution in [2.45, 2.75) is 58.9 Å². The van der Waals surface area contributed by atoms with Gasteiger partial charge in [0.25, 0.3) is 0 Å². The summed E-state index contributed by atoms with van der Waals surface area (Å²) in [4.78, 5) is 9.39. The molecular formula is C15H25N3. The van der Waals surface area contributed by atoms with Crippen molar-refractivity contribution in [1.29, 1.82) is 0 Å². The summed E-state index contributed by atoms with van der Waals surface area (Å²) in [6.45, 7) is 8.52. The number of aromatic nitrogens is 2. The van der Waals surface area contributed by atoms with Crippen LogP contribution < -0.4 is 5.32 Å². The fraction of sp³-hybridized carbons (Fsp3) is 0.733. The van der Waals surface area contributed by atoms with Crippen LogP contribution in [0.5, 0.6) is 0 Å². The number of nitrogens with one attached hydrogen (secondary N) is 1. The van der Waals surface area contributed by atoms with Gasteiger partial charge >= 0.3 is 0 Å². The number of aryl methyl sites for hydroxylation is 1. The Morgan fingerprint density at radius 3 is 2.83 bits per heavy atom. The van der Waals surface area contributed by atoms with Crippen molar-refractivity contribution in [2.75, 3.05) is 6.54 Å². The zero-order valence-corrected chi connectivity index (χ0v) is 11.9. The van der Waals surface area contributed by atoms with Crippen LogP contribution in [0.2, 0.25) is 0 Å². The average Bonchev–Trinajstić information content (AvgIpc) is 2.76. The molecule has 1 N–H and O–H groups in total. The molecule has 0 radical (unpaired) electrons. The van der Waals surface area contributed by atoms with E-state index in [-0.39, 0.29) is 0 Å². The Morgan fingerprint density at radius 1 is 1.33 bits per heavy atom. The van der Waals surface area contributed by atoms with Crippen molar-refractivity contribution in [3.05, 3.63) is 23.3 Å². The molecule has 1 heterocycles. The first-order valence-electron chi connectivity index (χ1n) is 7.24. The molecule has 3 heteroatoms. The van der Waals surface area contributed by atoms with Gasteiger partial charge in [0.2, 0.25) is 0 Å². The molecule has 3 nitrogen and oxygen atoms in total. The highest BCUT2D eigenvalue weighted by molar-refractivity contribution is 5.13. The van der Waals surface area contributed by atoms with Crippen molar-refractivity contribution in [1.82, 2.24) is 15.3 Å². The lowest BCUT2D eigenvalue weighted by molar-refractivity contribution is 0.579. The summed E-state index contributed by atoms with van der Waals surface area (Å²) in [5, 5.41) is 3.41. The molecular weight excluding hydrogens is 222 g/mol. The van der Waals surface area contributed by atoms with Crippen molar-refractivity contribution in [3.63, 3.8) is 0 Å². The number of rotatable bonds is 5. The fourth-order valence-corrected chi connectivity index (χ4v) is 2.77. The quantitative estimate of drug-likeness (QED) is 0.812. The van der Waals surface area contributed by atoms with Gasteiger partial charge in [-0.15, -0.1) is 0 Å². The molecule has 1 aliphatic carbocycles. The zero-order valence-electron chi connectivity index (χ0n) is 11.9. The zero-order chi connectivity index (χ0) is 13.0. The minimum atomic E-state index is 0.588. The van der Waals surface area contributed by atoms with Crippen molar-refractivity contribution in [2.24, 2.45) is 5.92 Å². The van der Waals surface area contributed by atoms with Crippen LogP contribution in [0.1, 0.15) is 62.7 Å². The van der Waals surface area contributed by atoms with Crippen LogP contribution in [-0.2, 0) is 6.54 Å². The maximum atomic E-state index is 4.75. The standard InChI is InChI=1S/C15H25N3/c1-4-7-16-10-14-9-12(3)17-15(18-14)13-6-5-11(2)8-13/h9,11,13,16H,4-8,10H2,1-3H3. The van der Waals surface area contributed by atoms with Crippen LogP contribution in [-0.4, -0.2) is 16.5 Å². The van der Waals surface area contributed by atoms with E-state index in [2.05, 4.69) is 37.1 Å². The summed E-state index contributed by atoms with van der Waals surface area (Å²) in [6.07, 6.45) is 5.00. The molecule has 1 fully saturated rings. The van der Waals surface area contributed by atoms with Crippen molar-refractivity contribution < 1.29 is 0 Å². The molecule has 1 aliphatic rings. The van der Waals surface area contributed by atoms with Gasteiger partial charge in [-0.3, -0.25) is 0 Å². The van der Waals surface area contributed by atoms with Gasteiger partial charge in [0.15, 0.2) is 0 Å². The van der Waals surface area contributed by atoms with Crippen molar-refractivity contribution >= 4 is 0 Å². The van der Waals surface area contributed by atoms with Crippen molar-refractivity contribution in [3.8, 4) is 0 Å². The molecule has 2 unspecified atom stereocenters. The van der Waals surface area contributed by atoms with E-state index >= 15 is 0 Å². The Balaban J connectivity index is 2.06. The van der Waals surface area contributed by atoms with Gasteiger partial charge in [-0.25, -0.2) is 9.97 Å². The largest absolute Gasteiger partial charge is 0.311 e. The van der Waals surface area contributed by atoms with Crippen LogP contribution in [0.25, 0.3) is 0 Å². The number of hydrogen-bond acceptors (Lipinski definition) is 3. The van der Waals surface area contributed by atoms with E-state index in [0.29, 0.717) is 5.92 Å². The first-order chi connectivity index (χ1) is 8.69. The molecule has 0 aliphatic heterocycles. The van der Waals surface area contributed by atoms with Crippen LogP contribution in [0.15, 0.2) is 6.07 Å². The van der Waals surface area contributed by atoms with Gasteiger partial charge in [0.1, 0.15) is 5.82 Å².